The number of esters is 1. The molecule has 8 heteroatoms. The first-order valence-corrected chi connectivity index (χ1v) is 14.3. The van der Waals surface area contributed by atoms with Crippen molar-refractivity contribution in [1.82, 2.24) is 4.31 Å². The van der Waals surface area contributed by atoms with Gasteiger partial charge in [0.25, 0.3) is 0 Å². The number of carbonyl (C=O) groups is 1. The van der Waals surface area contributed by atoms with Crippen molar-refractivity contribution in [3.63, 3.8) is 0 Å². The molecule has 2 unspecified atom stereocenters. The van der Waals surface area contributed by atoms with Crippen molar-refractivity contribution >= 4 is 29.3 Å². The standard InChI is InChI=1S/C31H40N4O3S/c1-6-21-18-35(39-29-11-9-8-10-25(21)29)19-24-14-22(13-12-20(24)3)26(17-30(36)38-7-2)23-15-27(32)31(34(4)33)28(16-23)37-5/h8-16,21,26H,6-7,17-19,32-33H2,1-5H3. The number of benzene rings is 3. The molecule has 0 radical (unpaired) electrons. The summed E-state index contributed by atoms with van der Waals surface area (Å²) in [6, 6.07) is 19.0. The minimum absolute atomic E-state index is 0.195. The van der Waals surface area contributed by atoms with Gasteiger partial charge >= 0.3 is 5.97 Å². The van der Waals surface area contributed by atoms with E-state index in [2.05, 4.69) is 60.6 Å². The van der Waals surface area contributed by atoms with E-state index in [1.165, 1.54) is 26.6 Å². The second kappa shape index (κ2) is 12.8. The van der Waals surface area contributed by atoms with E-state index in [-0.39, 0.29) is 18.3 Å². The van der Waals surface area contributed by atoms with Crippen molar-refractivity contribution in [3.05, 3.63) is 82.4 Å². The Kier molecular flexibility index (Phi) is 9.43. The number of anilines is 2. The predicted octanol–water partition coefficient (Wildman–Crippen LogP) is 6.00. The van der Waals surface area contributed by atoms with Gasteiger partial charge in [-0.2, -0.15) is 0 Å². The molecule has 0 spiro atoms. The van der Waals surface area contributed by atoms with E-state index in [0.717, 1.165) is 30.6 Å². The smallest absolute Gasteiger partial charge is 0.306 e. The maximum atomic E-state index is 12.7. The van der Waals surface area contributed by atoms with Gasteiger partial charge in [-0.1, -0.05) is 43.3 Å². The highest BCUT2D eigenvalue weighted by molar-refractivity contribution is 7.97. The molecule has 0 bridgehead atoms. The highest BCUT2D eigenvalue weighted by Gasteiger charge is 2.27. The number of methoxy groups -OCH3 is 1. The average molecular weight is 549 g/mol. The summed E-state index contributed by atoms with van der Waals surface area (Å²) in [4.78, 5) is 14.1. The maximum absolute atomic E-state index is 12.7. The van der Waals surface area contributed by atoms with Gasteiger partial charge < -0.3 is 20.2 Å². The number of carbonyl (C=O) groups excluding carboxylic acids is 1. The van der Waals surface area contributed by atoms with Crippen LogP contribution in [0.5, 0.6) is 5.75 Å². The summed E-state index contributed by atoms with van der Waals surface area (Å²) in [5.74, 6) is 6.58. The second-order valence-corrected chi connectivity index (χ2v) is 11.2. The van der Waals surface area contributed by atoms with Crippen molar-refractivity contribution < 1.29 is 14.3 Å². The molecule has 0 aliphatic carbocycles. The molecule has 7 nitrogen and oxygen atoms in total. The first-order valence-electron chi connectivity index (χ1n) is 13.5. The summed E-state index contributed by atoms with van der Waals surface area (Å²) in [6.07, 6.45) is 1.30. The lowest BCUT2D eigenvalue weighted by molar-refractivity contribution is -0.143. The monoisotopic (exact) mass is 548 g/mol. The van der Waals surface area contributed by atoms with Gasteiger partial charge in [0.05, 0.1) is 25.8 Å². The summed E-state index contributed by atoms with van der Waals surface area (Å²) < 4.78 is 13.4. The number of ether oxygens (including phenoxy) is 2. The first kappa shape index (κ1) is 28.8. The van der Waals surface area contributed by atoms with E-state index >= 15 is 0 Å². The molecule has 0 amide bonds. The van der Waals surface area contributed by atoms with Crippen LogP contribution < -0.4 is 21.3 Å². The number of fused-ring (bicyclic) bond motifs is 1. The fourth-order valence-corrected chi connectivity index (χ4v) is 6.55. The lowest BCUT2D eigenvalue weighted by atomic mass is 9.86. The number of hydrogen-bond donors (Lipinski definition) is 2. The fourth-order valence-electron chi connectivity index (χ4n) is 5.34. The van der Waals surface area contributed by atoms with Crippen molar-refractivity contribution in [2.45, 2.75) is 56.9 Å². The molecule has 208 valence electrons. The Hall–Kier alpha value is -3.20. The Morgan fingerprint density at radius 1 is 1.15 bits per heavy atom. The molecule has 1 aliphatic heterocycles. The molecule has 0 saturated carbocycles. The molecule has 39 heavy (non-hydrogen) atoms. The van der Waals surface area contributed by atoms with Gasteiger partial charge in [-0.15, -0.1) is 0 Å². The molecule has 4 rings (SSSR count). The summed E-state index contributed by atoms with van der Waals surface area (Å²) >= 11 is 1.83. The lowest BCUT2D eigenvalue weighted by Gasteiger charge is -2.33. The van der Waals surface area contributed by atoms with Crippen LogP contribution in [0, 0.1) is 6.92 Å². The molecule has 3 aromatic rings. The van der Waals surface area contributed by atoms with Crippen LogP contribution >= 0.6 is 11.9 Å². The summed E-state index contributed by atoms with van der Waals surface area (Å²) in [6.45, 7) is 8.36. The second-order valence-electron chi connectivity index (χ2n) is 10.1. The van der Waals surface area contributed by atoms with Crippen molar-refractivity contribution in [3.8, 4) is 5.75 Å². The van der Waals surface area contributed by atoms with Crippen molar-refractivity contribution in [2.24, 2.45) is 5.84 Å². The summed E-state index contributed by atoms with van der Waals surface area (Å²) in [5, 5.41) is 1.44. The van der Waals surface area contributed by atoms with Crippen LogP contribution in [0.1, 0.15) is 66.3 Å². The minimum Gasteiger partial charge on any atom is -0.494 e. The fraction of sp³-hybridized carbons (Fsp3) is 0.387. The number of aryl methyl sites for hydroxylation is 1. The molecule has 0 aromatic heterocycles. The number of rotatable bonds is 10. The number of nitrogen functional groups attached to an aromatic ring is 1. The Morgan fingerprint density at radius 3 is 2.62 bits per heavy atom. The molecule has 1 heterocycles. The Balaban J connectivity index is 1.70. The van der Waals surface area contributed by atoms with E-state index in [9.17, 15) is 4.79 Å². The van der Waals surface area contributed by atoms with E-state index < -0.39 is 0 Å². The number of nitrogens with zero attached hydrogens (tertiary/aromatic N) is 2. The number of nitrogens with two attached hydrogens (primary N) is 2. The van der Waals surface area contributed by atoms with E-state index in [4.69, 9.17) is 21.1 Å². The highest BCUT2D eigenvalue weighted by atomic mass is 32.2. The van der Waals surface area contributed by atoms with E-state index in [0.29, 0.717) is 29.6 Å². The van der Waals surface area contributed by atoms with Crippen LogP contribution in [0.2, 0.25) is 0 Å². The van der Waals surface area contributed by atoms with E-state index in [1.54, 1.807) is 14.2 Å². The van der Waals surface area contributed by atoms with Crippen LogP contribution in [0.25, 0.3) is 0 Å². The van der Waals surface area contributed by atoms with Crippen LogP contribution in [-0.4, -0.2) is 37.6 Å². The third-order valence-corrected chi connectivity index (χ3v) is 8.51. The molecule has 1 aliphatic rings. The number of hydrazine groups is 1. The van der Waals surface area contributed by atoms with Gasteiger partial charge in [0, 0.05) is 31.0 Å². The molecule has 0 saturated heterocycles. The molecular weight excluding hydrogens is 508 g/mol. The largest absolute Gasteiger partial charge is 0.494 e. The zero-order valence-electron chi connectivity index (χ0n) is 23.6. The van der Waals surface area contributed by atoms with Crippen LogP contribution in [0.3, 0.4) is 0 Å². The van der Waals surface area contributed by atoms with Crippen molar-refractivity contribution in [2.75, 3.05) is 38.1 Å². The van der Waals surface area contributed by atoms with Gasteiger partial charge in [-0.05, 0) is 84.2 Å². The molecule has 0 fully saturated rings. The summed E-state index contributed by atoms with van der Waals surface area (Å²) in [7, 11) is 3.31. The predicted molar refractivity (Wildman–Crippen MR) is 160 cm³/mol. The van der Waals surface area contributed by atoms with Gasteiger partial charge in [0.15, 0.2) is 0 Å². The van der Waals surface area contributed by atoms with Gasteiger partial charge in [-0.3, -0.25) is 4.79 Å². The van der Waals surface area contributed by atoms with Gasteiger partial charge in [-0.25, -0.2) is 10.1 Å². The quantitative estimate of drug-likeness (QED) is 0.105. The van der Waals surface area contributed by atoms with Crippen LogP contribution in [-0.2, 0) is 16.1 Å². The topological polar surface area (TPSA) is 94.1 Å². The lowest BCUT2D eigenvalue weighted by Crippen LogP contribution is -2.27. The summed E-state index contributed by atoms with van der Waals surface area (Å²) in [5.41, 5.74) is 13.3. The number of hydrogen-bond acceptors (Lipinski definition) is 8. The highest BCUT2D eigenvalue weighted by Crippen LogP contribution is 2.42. The average Bonchev–Trinajstić information content (AvgIpc) is 2.92. The van der Waals surface area contributed by atoms with Gasteiger partial charge in [0.1, 0.15) is 11.4 Å². The molecule has 4 N–H and O–H groups in total. The Bertz CT molecular complexity index is 1310. The zero-order valence-corrected chi connectivity index (χ0v) is 24.4. The van der Waals surface area contributed by atoms with Gasteiger partial charge in [0.2, 0.25) is 0 Å². The third-order valence-electron chi connectivity index (χ3n) is 7.40. The molecule has 3 aromatic carbocycles. The maximum Gasteiger partial charge on any atom is 0.306 e. The van der Waals surface area contributed by atoms with Crippen LogP contribution in [0.4, 0.5) is 11.4 Å². The third kappa shape index (κ3) is 6.52. The molecule has 2 atom stereocenters. The zero-order chi connectivity index (χ0) is 28.1. The first-order chi connectivity index (χ1) is 18.7. The minimum atomic E-state index is -0.255. The Morgan fingerprint density at radius 2 is 1.92 bits per heavy atom. The SMILES string of the molecule is CCOC(=O)CC(c1ccc(C)c(CN2CC(CC)c3ccccc3S2)c1)c1cc(N)c(N(C)N)c(OC)c1. The van der Waals surface area contributed by atoms with Crippen molar-refractivity contribution in [1.29, 1.82) is 0 Å². The van der Waals surface area contributed by atoms with E-state index in [1.807, 2.05) is 31.0 Å². The molecular formula is C31H40N4O3S. The Labute approximate surface area is 236 Å². The van der Waals surface area contributed by atoms with Crippen LogP contribution in [0.15, 0.2) is 59.5 Å². The normalized spacial score (nSPS) is 15.9.